The van der Waals surface area contributed by atoms with Gasteiger partial charge in [0.25, 0.3) is 0 Å². The number of hydrogen-bond acceptors (Lipinski definition) is 3. The standard InChI is InChI=1S/C14H22N2O/c1-10(11-5-3-4-6-11)16-14-9-12(17-2)7-8-13(14)15/h7-11,16H,3-6,15H2,1-2H3. The number of methoxy groups -OCH3 is 1. The highest BCUT2D eigenvalue weighted by Gasteiger charge is 2.21. The number of rotatable bonds is 4. The van der Waals surface area contributed by atoms with E-state index in [1.807, 2.05) is 18.2 Å². The minimum Gasteiger partial charge on any atom is -0.497 e. The number of benzene rings is 1. The van der Waals surface area contributed by atoms with E-state index in [0.717, 1.165) is 23.0 Å². The summed E-state index contributed by atoms with van der Waals surface area (Å²) in [7, 11) is 1.68. The van der Waals surface area contributed by atoms with Crippen molar-refractivity contribution < 1.29 is 4.74 Å². The molecular formula is C14H22N2O. The second kappa shape index (κ2) is 5.30. The summed E-state index contributed by atoms with van der Waals surface area (Å²) in [4.78, 5) is 0. The Hall–Kier alpha value is -1.38. The van der Waals surface area contributed by atoms with Gasteiger partial charge < -0.3 is 15.8 Å². The van der Waals surface area contributed by atoms with Gasteiger partial charge in [0.05, 0.1) is 18.5 Å². The van der Waals surface area contributed by atoms with Crippen LogP contribution in [0.4, 0.5) is 11.4 Å². The third-order valence-electron chi connectivity index (χ3n) is 3.75. The Labute approximate surface area is 103 Å². The highest BCUT2D eigenvalue weighted by Crippen LogP contribution is 2.31. The third-order valence-corrected chi connectivity index (χ3v) is 3.75. The van der Waals surface area contributed by atoms with Crippen molar-refractivity contribution in [1.29, 1.82) is 0 Å². The molecule has 0 aromatic heterocycles. The summed E-state index contributed by atoms with van der Waals surface area (Å²) in [6, 6.07) is 6.23. The van der Waals surface area contributed by atoms with E-state index in [1.54, 1.807) is 7.11 Å². The number of anilines is 2. The lowest BCUT2D eigenvalue weighted by Crippen LogP contribution is -2.24. The Morgan fingerprint density at radius 2 is 2.06 bits per heavy atom. The van der Waals surface area contributed by atoms with Crippen LogP contribution in [0.1, 0.15) is 32.6 Å². The topological polar surface area (TPSA) is 47.3 Å². The van der Waals surface area contributed by atoms with Gasteiger partial charge in [0.15, 0.2) is 0 Å². The van der Waals surface area contributed by atoms with Crippen LogP contribution in [0.25, 0.3) is 0 Å². The van der Waals surface area contributed by atoms with Crippen molar-refractivity contribution in [3.63, 3.8) is 0 Å². The highest BCUT2D eigenvalue weighted by molar-refractivity contribution is 5.68. The molecule has 1 saturated carbocycles. The number of ether oxygens (including phenoxy) is 1. The highest BCUT2D eigenvalue weighted by atomic mass is 16.5. The first-order valence-electron chi connectivity index (χ1n) is 6.40. The Balaban J connectivity index is 2.06. The molecule has 1 aromatic carbocycles. The van der Waals surface area contributed by atoms with Gasteiger partial charge in [0.2, 0.25) is 0 Å². The molecule has 1 unspecified atom stereocenters. The first-order valence-corrected chi connectivity index (χ1v) is 6.40. The van der Waals surface area contributed by atoms with Crippen LogP contribution < -0.4 is 15.8 Å². The Morgan fingerprint density at radius 1 is 1.35 bits per heavy atom. The molecule has 17 heavy (non-hydrogen) atoms. The lowest BCUT2D eigenvalue weighted by atomic mass is 9.99. The fourth-order valence-electron chi connectivity index (χ4n) is 2.61. The third kappa shape index (κ3) is 2.84. The number of nitrogen functional groups attached to an aromatic ring is 1. The fourth-order valence-corrected chi connectivity index (χ4v) is 2.61. The average molecular weight is 234 g/mol. The zero-order chi connectivity index (χ0) is 12.3. The van der Waals surface area contributed by atoms with Crippen LogP contribution >= 0.6 is 0 Å². The maximum atomic E-state index is 5.97. The largest absolute Gasteiger partial charge is 0.497 e. The SMILES string of the molecule is COc1ccc(N)c(NC(C)C2CCCC2)c1. The van der Waals surface area contributed by atoms with Crippen LogP contribution in [-0.2, 0) is 0 Å². The van der Waals surface area contributed by atoms with Crippen LogP contribution in [0.5, 0.6) is 5.75 Å². The molecule has 0 spiro atoms. The quantitative estimate of drug-likeness (QED) is 0.786. The summed E-state index contributed by atoms with van der Waals surface area (Å²) in [5.41, 5.74) is 7.75. The first kappa shape index (κ1) is 12.1. The van der Waals surface area contributed by atoms with Crippen LogP contribution in [0.2, 0.25) is 0 Å². The van der Waals surface area contributed by atoms with Crippen molar-refractivity contribution in [2.24, 2.45) is 5.92 Å². The molecule has 2 rings (SSSR count). The van der Waals surface area contributed by atoms with E-state index in [2.05, 4.69) is 12.2 Å². The Morgan fingerprint density at radius 3 is 2.71 bits per heavy atom. The zero-order valence-electron chi connectivity index (χ0n) is 10.7. The van der Waals surface area contributed by atoms with Crippen LogP contribution in [0.3, 0.4) is 0 Å². The average Bonchev–Trinajstić information content (AvgIpc) is 2.85. The molecule has 0 amide bonds. The molecule has 0 radical (unpaired) electrons. The predicted molar refractivity (Wildman–Crippen MR) is 72.4 cm³/mol. The molecule has 1 aliphatic rings. The summed E-state index contributed by atoms with van der Waals surface area (Å²) >= 11 is 0. The van der Waals surface area contributed by atoms with Gasteiger partial charge in [0.1, 0.15) is 5.75 Å². The van der Waals surface area contributed by atoms with E-state index >= 15 is 0 Å². The fraction of sp³-hybridized carbons (Fsp3) is 0.571. The second-order valence-electron chi connectivity index (χ2n) is 4.93. The van der Waals surface area contributed by atoms with Crippen molar-refractivity contribution in [2.45, 2.75) is 38.6 Å². The van der Waals surface area contributed by atoms with Gasteiger partial charge in [-0.3, -0.25) is 0 Å². The van der Waals surface area contributed by atoms with Gasteiger partial charge in [-0.15, -0.1) is 0 Å². The number of nitrogens with two attached hydrogens (primary N) is 1. The zero-order valence-corrected chi connectivity index (χ0v) is 10.7. The van der Waals surface area contributed by atoms with Gasteiger partial charge >= 0.3 is 0 Å². The Bertz CT molecular complexity index is 372. The molecular weight excluding hydrogens is 212 g/mol. The van der Waals surface area contributed by atoms with Gasteiger partial charge in [-0.1, -0.05) is 12.8 Å². The van der Waals surface area contributed by atoms with Gasteiger partial charge in [-0.05, 0) is 37.8 Å². The molecule has 1 aliphatic carbocycles. The van der Waals surface area contributed by atoms with Crippen LogP contribution in [-0.4, -0.2) is 13.2 Å². The van der Waals surface area contributed by atoms with Gasteiger partial charge in [0, 0.05) is 12.1 Å². The van der Waals surface area contributed by atoms with Crippen molar-refractivity contribution in [3.8, 4) is 5.75 Å². The molecule has 3 N–H and O–H groups in total. The minimum absolute atomic E-state index is 0.479. The van der Waals surface area contributed by atoms with Crippen LogP contribution in [0, 0.1) is 5.92 Å². The lowest BCUT2D eigenvalue weighted by Gasteiger charge is -2.22. The van der Waals surface area contributed by atoms with E-state index in [9.17, 15) is 0 Å². The van der Waals surface area contributed by atoms with E-state index < -0.39 is 0 Å². The first-order chi connectivity index (χ1) is 8.20. The molecule has 3 heteroatoms. The molecule has 1 atom stereocenters. The second-order valence-corrected chi connectivity index (χ2v) is 4.93. The monoisotopic (exact) mass is 234 g/mol. The van der Waals surface area contributed by atoms with Crippen molar-refractivity contribution in [1.82, 2.24) is 0 Å². The van der Waals surface area contributed by atoms with Gasteiger partial charge in [-0.2, -0.15) is 0 Å². The van der Waals surface area contributed by atoms with Crippen molar-refractivity contribution in [2.75, 3.05) is 18.2 Å². The molecule has 0 aliphatic heterocycles. The maximum absolute atomic E-state index is 5.97. The number of hydrogen-bond donors (Lipinski definition) is 2. The summed E-state index contributed by atoms with van der Waals surface area (Å²) < 4.78 is 5.22. The molecule has 0 bridgehead atoms. The number of nitrogens with one attached hydrogen (secondary N) is 1. The normalized spacial score (nSPS) is 18.0. The lowest BCUT2D eigenvalue weighted by molar-refractivity contribution is 0.415. The maximum Gasteiger partial charge on any atom is 0.121 e. The van der Waals surface area contributed by atoms with E-state index in [1.165, 1.54) is 25.7 Å². The summed E-state index contributed by atoms with van der Waals surface area (Å²) in [5.74, 6) is 1.63. The van der Waals surface area contributed by atoms with Crippen molar-refractivity contribution >= 4 is 11.4 Å². The van der Waals surface area contributed by atoms with E-state index in [-0.39, 0.29) is 0 Å². The summed E-state index contributed by atoms with van der Waals surface area (Å²) in [6.45, 7) is 2.24. The van der Waals surface area contributed by atoms with Crippen molar-refractivity contribution in [3.05, 3.63) is 18.2 Å². The molecule has 94 valence electrons. The molecule has 3 nitrogen and oxygen atoms in total. The van der Waals surface area contributed by atoms with Crippen LogP contribution in [0.15, 0.2) is 18.2 Å². The van der Waals surface area contributed by atoms with E-state index in [4.69, 9.17) is 10.5 Å². The molecule has 0 heterocycles. The predicted octanol–water partition coefficient (Wildman–Crippen LogP) is 3.27. The molecule has 0 saturated heterocycles. The smallest absolute Gasteiger partial charge is 0.121 e. The van der Waals surface area contributed by atoms with Gasteiger partial charge in [-0.25, -0.2) is 0 Å². The minimum atomic E-state index is 0.479. The summed E-state index contributed by atoms with van der Waals surface area (Å²) in [5, 5.41) is 3.52. The summed E-state index contributed by atoms with van der Waals surface area (Å²) in [6.07, 6.45) is 5.39. The van der Waals surface area contributed by atoms with E-state index in [0.29, 0.717) is 6.04 Å². The Kier molecular flexibility index (Phi) is 3.77. The molecule has 1 aromatic rings. The molecule has 1 fully saturated rings.